The molecule has 3 aliphatic carbocycles. The molecule has 3 atom stereocenters. The molecule has 2 fully saturated rings. The predicted molar refractivity (Wildman–Crippen MR) is 244 cm³/mol. The summed E-state index contributed by atoms with van der Waals surface area (Å²) in [7, 11) is 0. The molecule has 8 aromatic carbocycles. The van der Waals surface area contributed by atoms with Gasteiger partial charge in [-0.25, -0.2) is 0 Å². The van der Waals surface area contributed by atoms with E-state index in [0.29, 0.717) is 11.8 Å². The number of benzene rings is 8. The maximum absolute atomic E-state index is 2.55. The van der Waals surface area contributed by atoms with E-state index in [1.165, 1.54) is 103 Å². The van der Waals surface area contributed by atoms with Crippen molar-refractivity contribution in [1.29, 1.82) is 0 Å². The standard InChI is InChI=1S/C57H49N/c1-38(2)49-23-14-24-53-56(49)50-32-31-48(37-54(50)57(53,45-19-8-4-9-20-45)46-21-10-5-11-22-46)58(47-29-27-41(28-30-47)51-34-39-25-26-44(51)33-39)55-36-43-18-13-12-17-42(43)35-52(55)40-15-6-3-7-16-40/h3-24,27-32,35-39,44,51H,25-26,33-34H2,1-2H3. The largest absolute Gasteiger partial charge is 0.310 e. The summed E-state index contributed by atoms with van der Waals surface area (Å²) in [4.78, 5) is 2.55. The second-order valence-electron chi connectivity index (χ2n) is 17.4. The zero-order valence-corrected chi connectivity index (χ0v) is 33.5. The van der Waals surface area contributed by atoms with E-state index in [1.54, 1.807) is 0 Å². The van der Waals surface area contributed by atoms with Crippen molar-refractivity contribution in [1.82, 2.24) is 0 Å². The zero-order chi connectivity index (χ0) is 38.8. The van der Waals surface area contributed by atoms with Gasteiger partial charge in [0.15, 0.2) is 0 Å². The minimum atomic E-state index is -0.503. The van der Waals surface area contributed by atoms with E-state index in [1.807, 2.05) is 0 Å². The average molecular weight is 748 g/mol. The molecule has 0 spiro atoms. The second-order valence-corrected chi connectivity index (χ2v) is 17.4. The molecule has 2 bridgehead atoms. The highest BCUT2D eigenvalue weighted by Gasteiger charge is 2.47. The van der Waals surface area contributed by atoms with Gasteiger partial charge in [-0.15, -0.1) is 0 Å². The molecule has 282 valence electrons. The van der Waals surface area contributed by atoms with Crippen LogP contribution in [0, 0.1) is 11.8 Å². The van der Waals surface area contributed by atoms with Gasteiger partial charge in [-0.05, 0) is 140 Å². The third-order valence-electron chi connectivity index (χ3n) is 14.0. The molecule has 0 amide bonds. The summed E-state index contributed by atoms with van der Waals surface area (Å²) in [6.45, 7) is 4.67. The molecule has 58 heavy (non-hydrogen) atoms. The van der Waals surface area contributed by atoms with Crippen molar-refractivity contribution < 1.29 is 0 Å². The smallest absolute Gasteiger partial charge is 0.0714 e. The molecular weight excluding hydrogens is 699 g/mol. The summed E-state index contributed by atoms with van der Waals surface area (Å²) in [6, 6.07) is 71.2. The van der Waals surface area contributed by atoms with Crippen LogP contribution < -0.4 is 4.90 Å². The molecule has 0 aliphatic heterocycles. The summed E-state index contributed by atoms with van der Waals surface area (Å²) >= 11 is 0. The quantitative estimate of drug-likeness (QED) is 0.150. The Bertz CT molecular complexity index is 2730. The van der Waals surface area contributed by atoms with Gasteiger partial charge in [0.05, 0.1) is 11.1 Å². The van der Waals surface area contributed by atoms with Gasteiger partial charge >= 0.3 is 0 Å². The summed E-state index contributed by atoms with van der Waals surface area (Å²) in [5, 5.41) is 2.48. The summed E-state index contributed by atoms with van der Waals surface area (Å²) < 4.78 is 0. The Morgan fingerprint density at radius 1 is 0.517 bits per heavy atom. The number of hydrogen-bond donors (Lipinski definition) is 0. The molecule has 8 aromatic rings. The van der Waals surface area contributed by atoms with Crippen LogP contribution in [0.5, 0.6) is 0 Å². The first-order chi connectivity index (χ1) is 28.6. The predicted octanol–water partition coefficient (Wildman–Crippen LogP) is 15.4. The van der Waals surface area contributed by atoms with Gasteiger partial charge in [0.1, 0.15) is 0 Å². The average Bonchev–Trinajstić information content (AvgIpc) is 4.00. The number of hydrogen-bond acceptors (Lipinski definition) is 1. The first kappa shape index (κ1) is 35.0. The highest BCUT2D eigenvalue weighted by Crippen LogP contribution is 2.59. The number of rotatable bonds is 8. The van der Waals surface area contributed by atoms with Crippen molar-refractivity contribution in [2.45, 2.75) is 56.8 Å². The Kier molecular flexibility index (Phi) is 8.47. The third kappa shape index (κ3) is 5.51. The van der Waals surface area contributed by atoms with Crippen molar-refractivity contribution >= 4 is 27.8 Å². The fraction of sp³-hybridized carbons (Fsp3) is 0.193. The molecule has 0 radical (unpaired) electrons. The molecule has 1 heteroatoms. The fourth-order valence-electron chi connectivity index (χ4n) is 11.4. The summed E-state index contributed by atoms with van der Waals surface area (Å²) in [5.41, 5.74) is 16.3. The highest BCUT2D eigenvalue weighted by molar-refractivity contribution is 5.99. The van der Waals surface area contributed by atoms with E-state index >= 15 is 0 Å². The van der Waals surface area contributed by atoms with Crippen LogP contribution >= 0.6 is 0 Å². The maximum atomic E-state index is 2.55. The van der Waals surface area contributed by atoms with Gasteiger partial charge in [-0.3, -0.25) is 0 Å². The normalized spacial score (nSPS) is 18.7. The van der Waals surface area contributed by atoms with Gasteiger partial charge in [-0.2, -0.15) is 0 Å². The molecule has 2 saturated carbocycles. The zero-order valence-electron chi connectivity index (χ0n) is 33.5. The van der Waals surface area contributed by atoms with E-state index in [4.69, 9.17) is 0 Å². The summed E-state index contributed by atoms with van der Waals surface area (Å²) in [6.07, 6.45) is 5.57. The molecular formula is C57H49N. The van der Waals surface area contributed by atoms with Crippen LogP contribution in [-0.2, 0) is 5.41 Å². The lowest BCUT2D eigenvalue weighted by atomic mass is 9.67. The molecule has 0 heterocycles. The molecule has 3 unspecified atom stereocenters. The van der Waals surface area contributed by atoms with Crippen LogP contribution in [0.3, 0.4) is 0 Å². The van der Waals surface area contributed by atoms with E-state index in [9.17, 15) is 0 Å². The van der Waals surface area contributed by atoms with Crippen LogP contribution in [0.4, 0.5) is 17.1 Å². The Labute approximate surface area is 343 Å². The number of fused-ring (bicyclic) bond motifs is 6. The number of nitrogens with zero attached hydrogens (tertiary/aromatic N) is 1. The molecule has 1 nitrogen and oxygen atoms in total. The van der Waals surface area contributed by atoms with Crippen molar-refractivity contribution in [3.05, 3.63) is 221 Å². The molecule has 0 saturated heterocycles. The van der Waals surface area contributed by atoms with Gasteiger partial charge in [0, 0.05) is 16.9 Å². The van der Waals surface area contributed by atoms with Gasteiger partial charge in [-0.1, -0.05) is 172 Å². The first-order valence-corrected chi connectivity index (χ1v) is 21.5. The van der Waals surface area contributed by atoms with E-state index in [2.05, 4.69) is 207 Å². The van der Waals surface area contributed by atoms with E-state index in [0.717, 1.165) is 17.5 Å². The molecule has 0 N–H and O–H groups in total. The van der Waals surface area contributed by atoms with Gasteiger partial charge in [0.25, 0.3) is 0 Å². The first-order valence-electron chi connectivity index (χ1n) is 21.5. The van der Waals surface area contributed by atoms with E-state index < -0.39 is 5.41 Å². The Morgan fingerprint density at radius 3 is 1.79 bits per heavy atom. The Hall–Kier alpha value is -6.18. The molecule has 11 rings (SSSR count). The minimum absolute atomic E-state index is 0.376. The summed E-state index contributed by atoms with van der Waals surface area (Å²) in [5.74, 6) is 2.82. The van der Waals surface area contributed by atoms with E-state index in [-0.39, 0.29) is 0 Å². The minimum Gasteiger partial charge on any atom is -0.310 e. The maximum Gasteiger partial charge on any atom is 0.0714 e. The van der Waals surface area contributed by atoms with Crippen LogP contribution in [0.2, 0.25) is 0 Å². The monoisotopic (exact) mass is 747 g/mol. The third-order valence-corrected chi connectivity index (χ3v) is 14.0. The van der Waals surface area contributed by atoms with Crippen LogP contribution in [0.15, 0.2) is 188 Å². The lowest BCUT2D eigenvalue weighted by Gasteiger charge is -2.35. The molecule has 3 aliphatic rings. The van der Waals surface area contributed by atoms with Crippen molar-refractivity contribution in [2.75, 3.05) is 4.90 Å². The second kappa shape index (κ2) is 14.0. The Morgan fingerprint density at radius 2 is 1.16 bits per heavy atom. The molecule has 0 aromatic heterocycles. The van der Waals surface area contributed by atoms with Gasteiger partial charge < -0.3 is 4.90 Å². The topological polar surface area (TPSA) is 3.24 Å². The van der Waals surface area contributed by atoms with Crippen molar-refractivity contribution in [3.63, 3.8) is 0 Å². The van der Waals surface area contributed by atoms with Crippen LogP contribution in [0.1, 0.15) is 84.7 Å². The highest BCUT2D eigenvalue weighted by atomic mass is 15.1. The van der Waals surface area contributed by atoms with Crippen LogP contribution in [0.25, 0.3) is 33.0 Å². The lowest BCUT2D eigenvalue weighted by Crippen LogP contribution is -2.28. The van der Waals surface area contributed by atoms with Crippen molar-refractivity contribution in [2.24, 2.45) is 11.8 Å². The Balaban J connectivity index is 1.19. The SMILES string of the molecule is CC(C)c1cccc2c1-c1ccc(N(c3ccc(C4CC5CCC4C5)cc3)c3cc4ccccc4cc3-c3ccccc3)cc1C2(c1ccccc1)c1ccccc1. The fourth-order valence-corrected chi connectivity index (χ4v) is 11.4. The lowest BCUT2D eigenvalue weighted by molar-refractivity contribution is 0.420. The van der Waals surface area contributed by atoms with Crippen molar-refractivity contribution in [3.8, 4) is 22.3 Å². The van der Waals surface area contributed by atoms with Gasteiger partial charge in [0.2, 0.25) is 0 Å². The van der Waals surface area contributed by atoms with Crippen LogP contribution in [-0.4, -0.2) is 0 Å². The number of anilines is 3.